The molecular formula is C12H16. The van der Waals surface area contributed by atoms with Crippen molar-refractivity contribution in [2.24, 2.45) is 0 Å². The Hall–Kier alpha value is -0.780. The molecule has 0 heterocycles. The predicted octanol–water partition coefficient (Wildman–Crippen LogP) is 3.70. The number of hydrogen-bond acceptors (Lipinski definition) is 0. The van der Waals surface area contributed by atoms with Crippen molar-refractivity contribution in [1.29, 1.82) is 0 Å². The lowest BCUT2D eigenvalue weighted by atomic mass is 10.1. The minimum Gasteiger partial charge on any atom is -0.0654 e. The topological polar surface area (TPSA) is 0 Å². The van der Waals surface area contributed by atoms with Crippen molar-refractivity contribution in [2.45, 2.75) is 32.6 Å². The molecule has 0 aromatic heterocycles. The van der Waals surface area contributed by atoms with Crippen LogP contribution in [0.3, 0.4) is 0 Å². The first-order valence-corrected chi connectivity index (χ1v) is 4.72. The maximum atomic E-state index is 3.38. The molecule has 64 valence electrons. The van der Waals surface area contributed by atoms with Crippen molar-refractivity contribution < 1.29 is 0 Å². The Morgan fingerprint density at radius 1 is 1.08 bits per heavy atom. The van der Waals surface area contributed by atoms with E-state index in [2.05, 4.69) is 37.6 Å². The van der Waals surface area contributed by atoms with Gasteiger partial charge in [-0.2, -0.15) is 0 Å². The van der Waals surface area contributed by atoms with E-state index in [0.29, 0.717) is 0 Å². The van der Waals surface area contributed by atoms with Crippen LogP contribution < -0.4 is 0 Å². The van der Waals surface area contributed by atoms with Crippen molar-refractivity contribution in [3.8, 4) is 0 Å². The zero-order valence-electron chi connectivity index (χ0n) is 7.72. The van der Waals surface area contributed by atoms with Gasteiger partial charge in [-0.15, -0.1) is 0 Å². The molecule has 0 aliphatic heterocycles. The quantitative estimate of drug-likeness (QED) is 0.576. The average Bonchev–Trinajstić information content (AvgIpc) is 2.14. The average molecular weight is 160 g/mol. The maximum absolute atomic E-state index is 3.38. The molecule has 0 aliphatic rings. The van der Waals surface area contributed by atoms with Gasteiger partial charge in [0.15, 0.2) is 0 Å². The zero-order chi connectivity index (χ0) is 8.65. The van der Waals surface area contributed by atoms with Gasteiger partial charge in [0, 0.05) is 6.42 Å². The molecule has 0 heteroatoms. The van der Waals surface area contributed by atoms with Gasteiger partial charge in [0.1, 0.15) is 0 Å². The molecule has 1 aromatic carbocycles. The van der Waals surface area contributed by atoms with Crippen LogP contribution in [0, 0.1) is 6.42 Å². The summed E-state index contributed by atoms with van der Waals surface area (Å²) in [5.74, 6) is 0. The van der Waals surface area contributed by atoms with E-state index in [1.165, 1.54) is 24.8 Å². The van der Waals surface area contributed by atoms with Gasteiger partial charge in [0.2, 0.25) is 0 Å². The van der Waals surface area contributed by atoms with E-state index in [4.69, 9.17) is 0 Å². The van der Waals surface area contributed by atoms with Crippen LogP contribution in [0.2, 0.25) is 0 Å². The van der Waals surface area contributed by atoms with E-state index in [1.807, 2.05) is 6.07 Å². The summed E-state index contributed by atoms with van der Waals surface area (Å²) in [7, 11) is 0. The summed E-state index contributed by atoms with van der Waals surface area (Å²) >= 11 is 0. The van der Waals surface area contributed by atoms with Gasteiger partial charge >= 0.3 is 0 Å². The molecule has 12 heavy (non-hydrogen) atoms. The van der Waals surface area contributed by atoms with Gasteiger partial charge in [0.05, 0.1) is 0 Å². The fourth-order valence-corrected chi connectivity index (χ4v) is 1.16. The van der Waals surface area contributed by atoms with Crippen molar-refractivity contribution in [1.82, 2.24) is 0 Å². The van der Waals surface area contributed by atoms with Crippen LogP contribution in [-0.2, 0) is 0 Å². The summed E-state index contributed by atoms with van der Waals surface area (Å²) in [6.45, 7) is 2.22. The van der Waals surface area contributed by atoms with E-state index in [-0.39, 0.29) is 0 Å². The lowest BCUT2D eigenvalue weighted by Gasteiger charge is -1.98. The highest BCUT2D eigenvalue weighted by atomic mass is 14.0. The first-order valence-electron chi connectivity index (χ1n) is 4.72. The van der Waals surface area contributed by atoms with Gasteiger partial charge < -0.3 is 0 Å². The molecule has 0 N–H and O–H groups in total. The van der Waals surface area contributed by atoms with E-state index >= 15 is 0 Å². The monoisotopic (exact) mass is 160 g/mol. The first kappa shape index (κ1) is 9.31. The summed E-state index contributed by atoms with van der Waals surface area (Å²) < 4.78 is 0. The Morgan fingerprint density at radius 3 is 2.50 bits per heavy atom. The molecule has 0 fully saturated rings. The molecule has 0 spiro atoms. The van der Waals surface area contributed by atoms with Crippen LogP contribution in [0.25, 0.3) is 0 Å². The van der Waals surface area contributed by atoms with Crippen molar-refractivity contribution >= 4 is 0 Å². The Morgan fingerprint density at radius 2 is 1.83 bits per heavy atom. The van der Waals surface area contributed by atoms with E-state index < -0.39 is 0 Å². The molecule has 1 aromatic rings. The highest BCUT2D eigenvalue weighted by molar-refractivity contribution is 5.21. The second kappa shape index (κ2) is 5.82. The highest BCUT2D eigenvalue weighted by Gasteiger charge is 1.91. The summed E-state index contributed by atoms with van der Waals surface area (Å²) in [6.07, 6.45) is 8.35. The fraction of sp³-hybridized carbons (Fsp3) is 0.417. The molecule has 0 aliphatic carbocycles. The Bertz CT molecular complexity index is 188. The minimum absolute atomic E-state index is 1.10. The largest absolute Gasteiger partial charge is 0.0654 e. The second-order valence-electron chi connectivity index (χ2n) is 3.00. The van der Waals surface area contributed by atoms with Crippen LogP contribution in [0.15, 0.2) is 30.3 Å². The third-order valence-corrected chi connectivity index (χ3v) is 1.88. The Labute approximate surface area is 75.6 Å². The normalized spacial score (nSPS) is 10.1. The zero-order valence-corrected chi connectivity index (χ0v) is 7.72. The molecule has 0 saturated heterocycles. The standard InChI is InChI=1S/C12H16/c1-2-3-4-6-9-12-10-7-5-8-11-12/h5,7-8,10-11H,2-4,6H2,1H3. The first-order chi connectivity index (χ1) is 5.93. The summed E-state index contributed by atoms with van der Waals surface area (Å²) in [5.41, 5.74) is 1.23. The van der Waals surface area contributed by atoms with Crippen LogP contribution in [0.1, 0.15) is 38.2 Å². The van der Waals surface area contributed by atoms with Gasteiger partial charge in [-0.25, -0.2) is 0 Å². The lowest BCUT2D eigenvalue weighted by molar-refractivity contribution is 0.715. The third-order valence-electron chi connectivity index (χ3n) is 1.88. The smallest absolute Gasteiger partial charge is 0.0164 e. The highest BCUT2D eigenvalue weighted by Crippen LogP contribution is 2.08. The molecule has 2 radical (unpaired) electrons. The van der Waals surface area contributed by atoms with Crippen LogP contribution in [-0.4, -0.2) is 0 Å². The fourth-order valence-electron chi connectivity index (χ4n) is 1.16. The second-order valence-corrected chi connectivity index (χ2v) is 3.00. The summed E-state index contributed by atoms with van der Waals surface area (Å²) in [4.78, 5) is 0. The Balaban J connectivity index is 2.16. The third kappa shape index (κ3) is 3.56. The van der Waals surface area contributed by atoms with Crippen molar-refractivity contribution in [3.05, 3.63) is 42.3 Å². The SMILES string of the molecule is CCCCC[C]c1ccccc1. The van der Waals surface area contributed by atoms with Crippen molar-refractivity contribution in [2.75, 3.05) is 0 Å². The number of benzene rings is 1. The summed E-state index contributed by atoms with van der Waals surface area (Å²) in [6, 6.07) is 10.4. The molecule has 0 bridgehead atoms. The molecule has 1 rings (SSSR count). The molecular weight excluding hydrogens is 144 g/mol. The number of rotatable bonds is 5. The van der Waals surface area contributed by atoms with Crippen LogP contribution in [0.5, 0.6) is 0 Å². The number of unbranched alkanes of at least 4 members (excludes halogenated alkanes) is 3. The van der Waals surface area contributed by atoms with Crippen molar-refractivity contribution in [3.63, 3.8) is 0 Å². The van der Waals surface area contributed by atoms with Gasteiger partial charge in [-0.05, 0) is 12.0 Å². The lowest BCUT2D eigenvalue weighted by Crippen LogP contribution is -1.81. The summed E-state index contributed by atoms with van der Waals surface area (Å²) in [5, 5.41) is 0. The number of hydrogen-bond donors (Lipinski definition) is 0. The maximum Gasteiger partial charge on any atom is 0.0164 e. The van der Waals surface area contributed by atoms with Gasteiger partial charge in [-0.1, -0.05) is 56.5 Å². The molecule has 0 saturated carbocycles. The Kier molecular flexibility index (Phi) is 4.51. The predicted molar refractivity (Wildman–Crippen MR) is 52.9 cm³/mol. The molecule has 0 atom stereocenters. The molecule has 0 unspecified atom stereocenters. The van der Waals surface area contributed by atoms with E-state index in [0.717, 1.165) is 6.42 Å². The van der Waals surface area contributed by atoms with Crippen LogP contribution in [0.4, 0.5) is 0 Å². The van der Waals surface area contributed by atoms with Gasteiger partial charge in [-0.3, -0.25) is 0 Å². The molecule has 0 nitrogen and oxygen atoms in total. The van der Waals surface area contributed by atoms with Gasteiger partial charge in [0.25, 0.3) is 0 Å². The molecule has 0 amide bonds. The van der Waals surface area contributed by atoms with E-state index in [1.54, 1.807) is 0 Å². The van der Waals surface area contributed by atoms with Crippen LogP contribution >= 0.6 is 0 Å². The minimum atomic E-state index is 1.10. The van der Waals surface area contributed by atoms with E-state index in [9.17, 15) is 0 Å².